The molecule has 1 aliphatic rings. The van der Waals surface area contributed by atoms with E-state index >= 15 is 0 Å². The smallest absolute Gasteiger partial charge is 0.137 e. The first kappa shape index (κ1) is 11.7. The van der Waals surface area contributed by atoms with Crippen molar-refractivity contribution in [3.8, 4) is 5.75 Å². The molecule has 0 saturated heterocycles. The molecule has 0 saturated carbocycles. The van der Waals surface area contributed by atoms with E-state index < -0.39 is 0 Å². The fourth-order valence-electron chi connectivity index (χ4n) is 2.39. The van der Waals surface area contributed by atoms with Crippen molar-refractivity contribution in [1.29, 1.82) is 0 Å². The lowest BCUT2D eigenvalue weighted by molar-refractivity contribution is 0.412. The number of pyridine rings is 1. The van der Waals surface area contributed by atoms with Crippen LogP contribution in [0.2, 0.25) is 0 Å². The van der Waals surface area contributed by atoms with Crippen LogP contribution >= 0.6 is 11.3 Å². The number of fused-ring (bicyclic) bond motifs is 1. The molecule has 2 N–H and O–H groups in total. The number of methoxy groups -OCH3 is 1. The number of nitrogens with two attached hydrogens (primary N) is 1. The maximum atomic E-state index is 6.32. The van der Waals surface area contributed by atoms with Crippen molar-refractivity contribution in [3.63, 3.8) is 0 Å². The van der Waals surface area contributed by atoms with Gasteiger partial charge in [-0.2, -0.15) is 0 Å². The zero-order chi connectivity index (χ0) is 12.5. The van der Waals surface area contributed by atoms with E-state index in [-0.39, 0.29) is 6.04 Å². The largest absolute Gasteiger partial charge is 0.495 e. The Morgan fingerprint density at radius 1 is 1.33 bits per heavy atom. The first-order valence-corrected chi connectivity index (χ1v) is 6.95. The Balaban J connectivity index is 1.90. The lowest BCUT2D eigenvalue weighted by Gasteiger charge is -2.10. The maximum absolute atomic E-state index is 6.32. The van der Waals surface area contributed by atoms with Crippen LogP contribution in [0.1, 0.15) is 33.3 Å². The van der Waals surface area contributed by atoms with Gasteiger partial charge in [0.15, 0.2) is 0 Å². The highest BCUT2D eigenvalue weighted by Gasteiger charge is 2.19. The maximum Gasteiger partial charge on any atom is 0.137 e. The molecule has 4 heteroatoms. The first-order chi connectivity index (χ1) is 8.78. The summed E-state index contributed by atoms with van der Waals surface area (Å²) in [6, 6.07) is 4.13. The van der Waals surface area contributed by atoms with Gasteiger partial charge in [0, 0.05) is 16.0 Å². The van der Waals surface area contributed by atoms with Gasteiger partial charge in [-0.15, -0.1) is 11.3 Å². The number of nitrogens with zero attached hydrogens (tertiary/aromatic N) is 1. The van der Waals surface area contributed by atoms with Gasteiger partial charge in [0.2, 0.25) is 0 Å². The Kier molecular flexibility index (Phi) is 3.06. The van der Waals surface area contributed by atoms with Crippen LogP contribution in [0, 0.1) is 0 Å². The molecule has 1 atom stereocenters. The topological polar surface area (TPSA) is 48.1 Å². The predicted octanol–water partition coefficient (Wildman–Crippen LogP) is 2.69. The van der Waals surface area contributed by atoms with Crippen molar-refractivity contribution in [2.24, 2.45) is 5.73 Å². The van der Waals surface area contributed by atoms with E-state index in [0.717, 1.165) is 11.3 Å². The number of aryl methyl sites for hydroxylation is 2. The van der Waals surface area contributed by atoms with Gasteiger partial charge in [0.1, 0.15) is 5.75 Å². The van der Waals surface area contributed by atoms with E-state index in [0.29, 0.717) is 0 Å². The SMILES string of the molecule is COc1cncc(C(N)c2cc3c(s2)CCC3)c1. The van der Waals surface area contributed by atoms with Gasteiger partial charge < -0.3 is 10.5 Å². The molecular formula is C14H16N2OS. The van der Waals surface area contributed by atoms with E-state index in [9.17, 15) is 0 Å². The second-order valence-corrected chi connectivity index (χ2v) is 5.75. The molecule has 3 rings (SSSR count). The minimum atomic E-state index is -0.0943. The fraction of sp³-hybridized carbons (Fsp3) is 0.357. The normalized spacial score (nSPS) is 15.4. The summed E-state index contributed by atoms with van der Waals surface area (Å²) in [4.78, 5) is 6.91. The molecule has 1 unspecified atom stereocenters. The lowest BCUT2D eigenvalue weighted by Crippen LogP contribution is -2.10. The molecule has 2 aromatic rings. The summed E-state index contributed by atoms with van der Waals surface area (Å²) in [5.74, 6) is 0.757. The van der Waals surface area contributed by atoms with Gasteiger partial charge in [-0.1, -0.05) is 0 Å². The summed E-state index contributed by atoms with van der Waals surface area (Å²) >= 11 is 1.84. The third-order valence-corrected chi connectivity index (χ3v) is 4.72. The molecule has 0 spiro atoms. The van der Waals surface area contributed by atoms with Gasteiger partial charge in [0.25, 0.3) is 0 Å². The molecule has 0 bridgehead atoms. The monoisotopic (exact) mass is 260 g/mol. The fourth-order valence-corrected chi connectivity index (χ4v) is 3.67. The van der Waals surface area contributed by atoms with Crippen LogP contribution in [-0.2, 0) is 12.8 Å². The number of aromatic nitrogens is 1. The van der Waals surface area contributed by atoms with E-state index in [2.05, 4.69) is 11.1 Å². The molecule has 1 aliphatic carbocycles. The summed E-state index contributed by atoms with van der Waals surface area (Å²) in [7, 11) is 1.64. The van der Waals surface area contributed by atoms with E-state index in [1.54, 1.807) is 13.3 Å². The molecule has 18 heavy (non-hydrogen) atoms. The van der Waals surface area contributed by atoms with Crippen molar-refractivity contribution in [2.75, 3.05) is 7.11 Å². The number of ether oxygens (including phenoxy) is 1. The molecule has 0 amide bonds. The quantitative estimate of drug-likeness (QED) is 0.923. The summed E-state index contributed by atoms with van der Waals surface area (Å²) in [6.07, 6.45) is 7.22. The van der Waals surface area contributed by atoms with Crippen LogP contribution in [0.15, 0.2) is 24.5 Å². The number of hydrogen-bond donors (Lipinski definition) is 1. The highest BCUT2D eigenvalue weighted by atomic mass is 32.1. The van der Waals surface area contributed by atoms with Crippen LogP contribution in [0.3, 0.4) is 0 Å². The Labute approximate surface area is 111 Å². The van der Waals surface area contributed by atoms with Crippen LogP contribution in [0.5, 0.6) is 5.75 Å². The van der Waals surface area contributed by atoms with Gasteiger partial charge in [-0.3, -0.25) is 4.98 Å². The highest BCUT2D eigenvalue weighted by molar-refractivity contribution is 7.12. The molecule has 3 nitrogen and oxygen atoms in total. The van der Waals surface area contributed by atoms with Gasteiger partial charge >= 0.3 is 0 Å². The number of thiophene rings is 1. The molecule has 0 aliphatic heterocycles. The van der Waals surface area contributed by atoms with Crippen molar-refractivity contribution < 1.29 is 4.74 Å². The second-order valence-electron chi connectivity index (χ2n) is 4.59. The lowest BCUT2D eigenvalue weighted by atomic mass is 10.1. The predicted molar refractivity (Wildman–Crippen MR) is 73.2 cm³/mol. The van der Waals surface area contributed by atoms with Gasteiger partial charge in [-0.05, 0) is 42.5 Å². The van der Waals surface area contributed by atoms with Crippen LogP contribution in [0.4, 0.5) is 0 Å². The van der Waals surface area contributed by atoms with Crippen molar-refractivity contribution in [1.82, 2.24) is 4.98 Å². The number of rotatable bonds is 3. The molecule has 0 aromatic carbocycles. The molecule has 2 heterocycles. The minimum Gasteiger partial charge on any atom is -0.495 e. The molecule has 0 radical (unpaired) electrons. The van der Waals surface area contributed by atoms with Gasteiger partial charge in [-0.25, -0.2) is 0 Å². The third-order valence-electron chi connectivity index (χ3n) is 3.40. The summed E-state index contributed by atoms with van der Waals surface area (Å²) in [6.45, 7) is 0. The third kappa shape index (κ3) is 2.02. The van der Waals surface area contributed by atoms with Crippen LogP contribution < -0.4 is 10.5 Å². The van der Waals surface area contributed by atoms with E-state index in [1.165, 1.54) is 34.6 Å². The van der Waals surface area contributed by atoms with Crippen molar-refractivity contribution >= 4 is 11.3 Å². The average Bonchev–Trinajstić information content (AvgIpc) is 2.98. The first-order valence-electron chi connectivity index (χ1n) is 6.14. The zero-order valence-electron chi connectivity index (χ0n) is 10.3. The zero-order valence-corrected chi connectivity index (χ0v) is 11.2. The van der Waals surface area contributed by atoms with Gasteiger partial charge in [0.05, 0.1) is 19.3 Å². The Hall–Kier alpha value is -1.39. The molecule has 2 aromatic heterocycles. The molecule has 0 fully saturated rings. The second kappa shape index (κ2) is 4.71. The summed E-state index contributed by atoms with van der Waals surface area (Å²) in [5.41, 5.74) is 8.81. The van der Waals surface area contributed by atoms with Crippen molar-refractivity contribution in [2.45, 2.75) is 25.3 Å². The summed E-state index contributed by atoms with van der Waals surface area (Å²) < 4.78 is 5.19. The molecular weight excluding hydrogens is 244 g/mol. The summed E-state index contributed by atoms with van der Waals surface area (Å²) in [5, 5.41) is 0. The van der Waals surface area contributed by atoms with Crippen LogP contribution in [-0.4, -0.2) is 12.1 Å². The van der Waals surface area contributed by atoms with Crippen molar-refractivity contribution in [3.05, 3.63) is 45.4 Å². The van der Waals surface area contributed by atoms with E-state index in [1.807, 2.05) is 23.6 Å². The number of hydrogen-bond acceptors (Lipinski definition) is 4. The minimum absolute atomic E-state index is 0.0943. The Morgan fingerprint density at radius 2 is 2.22 bits per heavy atom. The average molecular weight is 260 g/mol. The standard InChI is InChI=1S/C14H16N2OS/c1-17-11-5-10(7-16-8-11)14(15)13-6-9-3-2-4-12(9)18-13/h5-8,14H,2-4,15H2,1H3. The Bertz CT molecular complexity index is 543. The highest BCUT2D eigenvalue weighted by Crippen LogP contribution is 2.35. The molecule has 94 valence electrons. The van der Waals surface area contributed by atoms with E-state index in [4.69, 9.17) is 10.5 Å². The van der Waals surface area contributed by atoms with Crippen LogP contribution in [0.25, 0.3) is 0 Å². The Morgan fingerprint density at radius 3 is 3.00 bits per heavy atom.